The van der Waals surface area contributed by atoms with Gasteiger partial charge in [-0.25, -0.2) is 4.79 Å². The molecule has 26 heavy (non-hydrogen) atoms. The summed E-state index contributed by atoms with van der Waals surface area (Å²) < 4.78 is 5.37. The summed E-state index contributed by atoms with van der Waals surface area (Å²) in [6, 6.07) is 5.84. The van der Waals surface area contributed by atoms with Crippen molar-refractivity contribution in [1.82, 2.24) is 4.90 Å². The van der Waals surface area contributed by atoms with E-state index in [9.17, 15) is 19.5 Å². The molecule has 2 N–H and O–H groups in total. The normalized spacial score (nSPS) is 21.6. The molecule has 2 fully saturated rings. The number of nitrogens with one attached hydrogen (secondary N) is 1. The molecule has 3 rings (SSSR count). The first-order valence-corrected chi connectivity index (χ1v) is 8.97. The summed E-state index contributed by atoms with van der Waals surface area (Å²) in [5, 5.41) is 12.2. The number of carboxylic acid groups (broad SMARTS) is 1. The van der Waals surface area contributed by atoms with Crippen LogP contribution in [-0.2, 0) is 14.3 Å². The number of aliphatic carboxylic acids is 1. The van der Waals surface area contributed by atoms with Crippen LogP contribution in [0.5, 0.6) is 0 Å². The molecule has 1 aliphatic carbocycles. The molecule has 1 atom stereocenters. The molecule has 1 aliphatic heterocycles. The highest BCUT2D eigenvalue weighted by atomic mass is 16.5. The number of benzene rings is 1. The molecule has 2 amide bonds. The number of carboxylic acids is 1. The van der Waals surface area contributed by atoms with Crippen molar-refractivity contribution in [3.63, 3.8) is 0 Å². The zero-order valence-electron chi connectivity index (χ0n) is 14.9. The van der Waals surface area contributed by atoms with Gasteiger partial charge in [0.25, 0.3) is 11.8 Å². The molecule has 2 aliphatic rings. The van der Waals surface area contributed by atoms with Crippen molar-refractivity contribution in [1.29, 1.82) is 0 Å². The molecule has 0 spiro atoms. The quantitative estimate of drug-likeness (QED) is 0.840. The van der Waals surface area contributed by atoms with Gasteiger partial charge in [-0.15, -0.1) is 0 Å². The van der Waals surface area contributed by atoms with Gasteiger partial charge in [-0.05, 0) is 56.7 Å². The van der Waals surface area contributed by atoms with Crippen LogP contribution in [0.3, 0.4) is 0 Å². The van der Waals surface area contributed by atoms with Gasteiger partial charge in [0.2, 0.25) is 0 Å². The second kappa shape index (κ2) is 7.45. The van der Waals surface area contributed by atoms with Crippen LogP contribution in [0.4, 0.5) is 5.69 Å². The Hall–Kier alpha value is -2.41. The molecule has 0 radical (unpaired) electrons. The largest absolute Gasteiger partial charge is 0.480 e. The summed E-state index contributed by atoms with van der Waals surface area (Å²) in [5.74, 6) is -1.51. The standard InChI is InChI=1S/C19H24N2O5/c1-26-19(9-5-10-19)18(25)20-14-7-4-6-13(12-14)16(22)21-11-3-2-8-15(21)17(23)24/h4,6-7,12,15H,2-3,5,8-11H2,1H3,(H,20,25)(H,23,24). The lowest BCUT2D eigenvalue weighted by atomic mass is 9.79. The third-order valence-electron chi connectivity index (χ3n) is 5.38. The third-order valence-corrected chi connectivity index (χ3v) is 5.38. The number of hydrogen-bond donors (Lipinski definition) is 2. The maximum Gasteiger partial charge on any atom is 0.326 e. The number of carbonyl (C=O) groups excluding carboxylic acids is 2. The van der Waals surface area contributed by atoms with Crippen molar-refractivity contribution in [3.05, 3.63) is 29.8 Å². The highest BCUT2D eigenvalue weighted by Crippen LogP contribution is 2.36. The third kappa shape index (κ3) is 3.44. The van der Waals surface area contributed by atoms with Crippen LogP contribution in [0.15, 0.2) is 24.3 Å². The van der Waals surface area contributed by atoms with Gasteiger partial charge < -0.3 is 20.1 Å². The predicted octanol–water partition coefficient (Wildman–Crippen LogP) is 2.27. The van der Waals surface area contributed by atoms with Gasteiger partial charge in [0.05, 0.1) is 0 Å². The first-order valence-electron chi connectivity index (χ1n) is 8.97. The van der Waals surface area contributed by atoms with E-state index in [-0.39, 0.29) is 11.8 Å². The van der Waals surface area contributed by atoms with Crippen LogP contribution in [0.25, 0.3) is 0 Å². The lowest BCUT2D eigenvalue weighted by molar-refractivity contribution is -0.148. The SMILES string of the molecule is COC1(C(=O)Nc2cccc(C(=O)N3CCCCC3C(=O)O)c2)CCC1. The Morgan fingerprint density at radius 2 is 2.00 bits per heavy atom. The molecule has 1 aromatic carbocycles. The summed E-state index contributed by atoms with van der Waals surface area (Å²) in [4.78, 5) is 38.1. The first-order chi connectivity index (χ1) is 12.5. The molecule has 1 aromatic rings. The number of ether oxygens (including phenoxy) is 1. The Labute approximate surface area is 152 Å². The summed E-state index contributed by atoms with van der Waals surface area (Å²) in [6.45, 7) is 0.430. The molecular formula is C19H24N2O5. The van der Waals surface area contributed by atoms with Crippen LogP contribution in [0, 0.1) is 0 Å². The molecule has 0 aromatic heterocycles. The van der Waals surface area contributed by atoms with E-state index < -0.39 is 17.6 Å². The lowest BCUT2D eigenvalue weighted by Crippen LogP contribution is -2.50. The second-order valence-electron chi connectivity index (χ2n) is 6.94. The minimum absolute atomic E-state index is 0.211. The number of anilines is 1. The van der Waals surface area contributed by atoms with Gasteiger partial charge >= 0.3 is 5.97 Å². The summed E-state index contributed by atoms with van der Waals surface area (Å²) in [7, 11) is 1.53. The Bertz CT molecular complexity index is 708. The Balaban J connectivity index is 1.75. The van der Waals surface area contributed by atoms with Gasteiger partial charge in [0, 0.05) is 24.9 Å². The van der Waals surface area contributed by atoms with Crippen molar-refractivity contribution in [2.45, 2.75) is 50.2 Å². The highest BCUT2D eigenvalue weighted by Gasteiger charge is 2.44. The van der Waals surface area contributed by atoms with Crippen molar-refractivity contribution < 1.29 is 24.2 Å². The predicted molar refractivity (Wildman–Crippen MR) is 95.0 cm³/mol. The van der Waals surface area contributed by atoms with Gasteiger partial charge in [-0.1, -0.05) is 6.07 Å². The van der Waals surface area contributed by atoms with Crippen LogP contribution in [0.2, 0.25) is 0 Å². The van der Waals surface area contributed by atoms with E-state index in [4.69, 9.17) is 4.74 Å². The number of methoxy groups -OCH3 is 1. The number of hydrogen-bond acceptors (Lipinski definition) is 4. The van der Waals surface area contributed by atoms with E-state index in [1.807, 2.05) is 0 Å². The van der Waals surface area contributed by atoms with E-state index in [0.717, 1.165) is 19.3 Å². The monoisotopic (exact) mass is 360 g/mol. The van der Waals surface area contributed by atoms with Gasteiger partial charge in [-0.2, -0.15) is 0 Å². The number of amides is 2. The summed E-state index contributed by atoms with van der Waals surface area (Å²) >= 11 is 0. The van der Waals surface area contributed by atoms with E-state index in [1.54, 1.807) is 24.3 Å². The Morgan fingerprint density at radius 1 is 1.23 bits per heavy atom. The topological polar surface area (TPSA) is 95.9 Å². The average molecular weight is 360 g/mol. The smallest absolute Gasteiger partial charge is 0.326 e. The van der Waals surface area contributed by atoms with Gasteiger partial charge in [0.1, 0.15) is 11.6 Å². The lowest BCUT2D eigenvalue weighted by Gasteiger charge is -2.38. The Kier molecular flexibility index (Phi) is 5.27. The fourth-order valence-corrected chi connectivity index (χ4v) is 3.59. The first kappa shape index (κ1) is 18.4. The summed E-state index contributed by atoms with van der Waals surface area (Å²) in [5.41, 5.74) is 0.102. The van der Waals surface area contributed by atoms with Crippen LogP contribution in [-0.4, -0.2) is 53.1 Å². The molecule has 0 bridgehead atoms. The number of nitrogens with zero attached hydrogens (tertiary/aromatic N) is 1. The maximum absolute atomic E-state index is 12.8. The van der Waals surface area contributed by atoms with E-state index in [2.05, 4.69) is 5.32 Å². The van der Waals surface area contributed by atoms with Gasteiger partial charge in [0.15, 0.2) is 0 Å². The molecule has 1 saturated heterocycles. The molecule has 1 heterocycles. The van der Waals surface area contributed by atoms with Crippen LogP contribution >= 0.6 is 0 Å². The number of piperidine rings is 1. The minimum atomic E-state index is -0.977. The minimum Gasteiger partial charge on any atom is -0.480 e. The Morgan fingerprint density at radius 3 is 2.62 bits per heavy atom. The summed E-state index contributed by atoms with van der Waals surface area (Å²) in [6.07, 6.45) is 4.38. The maximum atomic E-state index is 12.8. The second-order valence-corrected chi connectivity index (χ2v) is 6.94. The van der Waals surface area contributed by atoms with Crippen molar-refractivity contribution in [2.75, 3.05) is 19.0 Å². The highest BCUT2D eigenvalue weighted by molar-refractivity contribution is 6.01. The molecule has 1 saturated carbocycles. The van der Waals surface area contributed by atoms with E-state index >= 15 is 0 Å². The van der Waals surface area contributed by atoms with Crippen LogP contribution in [0.1, 0.15) is 48.9 Å². The van der Waals surface area contributed by atoms with Crippen molar-refractivity contribution in [3.8, 4) is 0 Å². The van der Waals surface area contributed by atoms with Crippen molar-refractivity contribution >= 4 is 23.5 Å². The van der Waals surface area contributed by atoms with Gasteiger partial charge in [-0.3, -0.25) is 9.59 Å². The van der Waals surface area contributed by atoms with E-state index in [0.29, 0.717) is 37.1 Å². The zero-order valence-corrected chi connectivity index (χ0v) is 14.9. The molecule has 7 nitrogen and oxygen atoms in total. The van der Waals surface area contributed by atoms with Crippen molar-refractivity contribution in [2.24, 2.45) is 0 Å². The fraction of sp³-hybridized carbons (Fsp3) is 0.526. The average Bonchev–Trinajstić information content (AvgIpc) is 2.61. The fourth-order valence-electron chi connectivity index (χ4n) is 3.59. The van der Waals surface area contributed by atoms with E-state index in [1.165, 1.54) is 12.0 Å². The molecular weight excluding hydrogens is 336 g/mol. The molecule has 140 valence electrons. The molecule has 1 unspecified atom stereocenters. The molecule has 7 heteroatoms. The zero-order chi connectivity index (χ0) is 18.7. The number of carbonyl (C=O) groups is 3. The van der Waals surface area contributed by atoms with Crippen LogP contribution < -0.4 is 5.32 Å². The number of likely N-dealkylation sites (tertiary alicyclic amines) is 1. The number of rotatable bonds is 5.